The molecule has 0 fully saturated rings. The van der Waals surface area contributed by atoms with Crippen molar-refractivity contribution in [1.29, 1.82) is 0 Å². The second-order valence-electron chi connectivity index (χ2n) is 2.86. The van der Waals surface area contributed by atoms with Gasteiger partial charge in [-0.15, -0.1) is 0 Å². The van der Waals surface area contributed by atoms with Crippen LogP contribution in [0, 0.1) is 0 Å². The monoisotopic (exact) mass is 193 g/mol. The van der Waals surface area contributed by atoms with Gasteiger partial charge < -0.3 is 20.4 Å². The van der Waals surface area contributed by atoms with Crippen LogP contribution >= 0.6 is 0 Å². The average Bonchev–Trinajstić information content (AvgIpc) is 1.99. The molecule has 0 radical (unpaired) electrons. The predicted molar refractivity (Wildman–Crippen MR) is 50.2 cm³/mol. The topological polar surface area (TPSA) is 96.7 Å². The first-order valence-electron chi connectivity index (χ1n) is 3.83. The number of phenolic OH excluding ortho intramolecular Hbond substituents is 2. The number of fused-ring (bicyclic) bond motifs is 1. The Balaban J connectivity index is 3.01. The highest BCUT2D eigenvalue weighted by Crippen LogP contribution is 2.32. The van der Waals surface area contributed by atoms with Crippen molar-refractivity contribution in [3.05, 3.63) is 28.6 Å². The number of benzene rings is 1. The van der Waals surface area contributed by atoms with E-state index in [9.17, 15) is 9.90 Å². The smallest absolute Gasteiger partial charge is 0.338 e. The van der Waals surface area contributed by atoms with Crippen molar-refractivity contribution in [3.63, 3.8) is 0 Å². The normalized spacial score (nSPS) is 10.6. The van der Waals surface area contributed by atoms with Crippen molar-refractivity contribution in [3.8, 4) is 11.5 Å². The lowest BCUT2D eigenvalue weighted by molar-refractivity contribution is 0.451. The van der Waals surface area contributed by atoms with E-state index in [4.69, 9.17) is 15.3 Å². The van der Waals surface area contributed by atoms with Gasteiger partial charge in [0, 0.05) is 18.2 Å². The summed E-state index contributed by atoms with van der Waals surface area (Å²) in [5, 5.41) is 18.8. The van der Waals surface area contributed by atoms with Crippen LogP contribution in [0.1, 0.15) is 0 Å². The first-order valence-corrected chi connectivity index (χ1v) is 3.83. The maximum absolute atomic E-state index is 10.9. The minimum atomic E-state index is -0.625. The third kappa shape index (κ3) is 1.15. The van der Waals surface area contributed by atoms with E-state index in [1.807, 2.05) is 0 Å². The van der Waals surface area contributed by atoms with Gasteiger partial charge in [0.2, 0.25) is 0 Å². The largest absolute Gasteiger partial charge is 0.508 e. The molecule has 5 nitrogen and oxygen atoms in total. The second kappa shape index (κ2) is 2.66. The molecule has 0 amide bonds. The maximum atomic E-state index is 10.9. The van der Waals surface area contributed by atoms with Crippen LogP contribution in [0.15, 0.2) is 27.4 Å². The summed E-state index contributed by atoms with van der Waals surface area (Å²) in [6, 6.07) is 3.41. The summed E-state index contributed by atoms with van der Waals surface area (Å²) < 4.78 is 4.75. The summed E-state index contributed by atoms with van der Waals surface area (Å²) in [6.45, 7) is 0. The number of rotatable bonds is 0. The van der Waals surface area contributed by atoms with Gasteiger partial charge in [-0.3, -0.25) is 0 Å². The Bertz CT molecular complexity index is 558. The molecule has 0 unspecified atom stereocenters. The summed E-state index contributed by atoms with van der Waals surface area (Å²) in [4.78, 5) is 10.9. The summed E-state index contributed by atoms with van der Waals surface area (Å²) in [5.41, 5.74) is 5.06. The number of anilines is 1. The minimum absolute atomic E-state index is 0.0625. The van der Waals surface area contributed by atoms with E-state index in [1.54, 1.807) is 0 Å². The number of hydrogen-bond acceptors (Lipinski definition) is 5. The molecule has 0 aliphatic carbocycles. The van der Waals surface area contributed by atoms with E-state index in [2.05, 4.69) is 0 Å². The molecule has 0 atom stereocenters. The molecule has 1 heterocycles. The van der Waals surface area contributed by atoms with E-state index < -0.39 is 5.63 Å². The fraction of sp³-hybridized carbons (Fsp3) is 0. The van der Waals surface area contributed by atoms with Crippen molar-refractivity contribution in [2.75, 3.05) is 5.73 Å². The minimum Gasteiger partial charge on any atom is -0.508 e. The van der Waals surface area contributed by atoms with Crippen molar-refractivity contribution < 1.29 is 14.6 Å². The zero-order valence-electron chi connectivity index (χ0n) is 7.02. The summed E-state index contributed by atoms with van der Waals surface area (Å²) in [7, 11) is 0. The first kappa shape index (κ1) is 8.43. The predicted octanol–water partition coefficient (Wildman–Crippen LogP) is 0.786. The fourth-order valence-corrected chi connectivity index (χ4v) is 1.29. The van der Waals surface area contributed by atoms with Gasteiger partial charge in [0.1, 0.15) is 17.1 Å². The first-order chi connectivity index (χ1) is 6.58. The molecule has 0 aliphatic rings. The lowest BCUT2D eigenvalue weighted by Crippen LogP contribution is -2.00. The van der Waals surface area contributed by atoms with Gasteiger partial charge in [0.15, 0.2) is 0 Å². The second-order valence-corrected chi connectivity index (χ2v) is 2.86. The third-order valence-corrected chi connectivity index (χ3v) is 1.84. The molecular formula is C9H7NO4. The van der Waals surface area contributed by atoms with Gasteiger partial charge in [-0.2, -0.15) is 0 Å². The van der Waals surface area contributed by atoms with E-state index in [0.29, 0.717) is 0 Å². The average molecular weight is 193 g/mol. The lowest BCUT2D eigenvalue weighted by Gasteiger charge is -2.02. The molecule has 0 spiro atoms. The molecule has 2 aromatic rings. The van der Waals surface area contributed by atoms with Gasteiger partial charge in [-0.25, -0.2) is 4.79 Å². The van der Waals surface area contributed by atoms with Crippen LogP contribution in [0.2, 0.25) is 0 Å². The number of nitrogen functional groups attached to an aromatic ring is 1. The molecule has 0 aliphatic heterocycles. The Morgan fingerprint density at radius 1 is 1.21 bits per heavy atom. The molecule has 0 saturated carbocycles. The molecule has 1 aromatic carbocycles. The van der Waals surface area contributed by atoms with Crippen LogP contribution in [0.25, 0.3) is 11.0 Å². The molecule has 4 N–H and O–H groups in total. The number of phenols is 2. The zero-order chi connectivity index (χ0) is 10.3. The summed E-state index contributed by atoms with van der Waals surface area (Å²) in [5.74, 6) is -0.412. The molecule has 0 saturated heterocycles. The standard InChI is InChI=1S/C9H7NO4/c10-5-3-8(13)14-7-2-4(11)1-6(12)9(5)7/h1-3,11-12H,10H2. The van der Waals surface area contributed by atoms with Crippen LogP contribution in [0.5, 0.6) is 11.5 Å². The highest BCUT2D eigenvalue weighted by atomic mass is 16.4. The summed E-state index contributed by atoms with van der Waals surface area (Å²) in [6.07, 6.45) is 0. The van der Waals surface area contributed by atoms with Crippen LogP contribution in [0.3, 0.4) is 0 Å². The number of hydrogen-bond donors (Lipinski definition) is 3. The van der Waals surface area contributed by atoms with Gasteiger partial charge in [0.05, 0.1) is 11.1 Å². The van der Waals surface area contributed by atoms with Crippen LogP contribution in [-0.4, -0.2) is 10.2 Å². The van der Waals surface area contributed by atoms with Gasteiger partial charge in [-0.1, -0.05) is 0 Å². The fourth-order valence-electron chi connectivity index (χ4n) is 1.29. The molecule has 14 heavy (non-hydrogen) atoms. The molecule has 2 rings (SSSR count). The van der Waals surface area contributed by atoms with Crippen molar-refractivity contribution in [1.82, 2.24) is 0 Å². The highest BCUT2D eigenvalue weighted by molar-refractivity contribution is 5.94. The summed E-state index contributed by atoms with van der Waals surface area (Å²) >= 11 is 0. The van der Waals surface area contributed by atoms with E-state index in [-0.39, 0.29) is 28.2 Å². The van der Waals surface area contributed by atoms with Crippen LogP contribution in [0.4, 0.5) is 5.69 Å². The maximum Gasteiger partial charge on any atom is 0.338 e. The van der Waals surface area contributed by atoms with Crippen LogP contribution in [-0.2, 0) is 0 Å². The molecule has 5 heteroatoms. The van der Waals surface area contributed by atoms with Crippen molar-refractivity contribution in [2.45, 2.75) is 0 Å². The van der Waals surface area contributed by atoms with E-state index in [1.165, 1.54) is 6.07 Å². The van der Waals surface area contributed by atoms with Gasteiger partial charge in [0.25, 0.3) is 0 Å². The highest BCUT2D eigenvalue weighted by Gasteiger charge is 2.08. The Kier molecular flexibility index (Phi) is 1.60. The quantitative estimate of drug-likeness (QED) is 0.537. The molecule has 0 bridgehead atoms. The lowest BCUT2D eigenvalue weighted by atomic mass is 10.2. The zero-order valence-corrected chi connectivity index (χ0v) is 7.02. The number of aromatic hydroxyl groups is 2. The molecule has 1 aromatic heterocycles. The Morgan fingerprint density at radius 3 is 2.64 bits per heavy atom. The van der Waals surface area contributed by atoms with Gasteiger partial charge >= 0.3 is 5.63 Å². The molecule has 72 valence electrons. The Labute approximate surface area is 78.0 Å². The van der Waals surface area contributed by atoms with Gasteiger partial charge in [-0.05, 0) is 0 Å². The van der Waals surface area contributed by atoms with Crippen molar-refractivity contribution >= 4 is 16.7 Å². The SMILES string of the molecule is Nc1cc(=O)oc2cc(O)cc(O)c12. The Hall–Kier alpha value is -2.17. The van der Waals surface area contributed by atoms with E-state index >= 15 is 0 Å². The van der Waals surface area contributed by atoms with Crippen LogP contribution < -0.4 is 11.4 Å². The Morgan fingerprint density at radius 2 is 1.93 bits per heavy atom. The molecular weight excluding hydrogens is 186 g/mol. The van der Waals surface area contributed by atoms with E-state index in [0.717, 1.165) is 12.1 Å². The number of nitrogens with two attached hydrogens (primary N) is 1. The third-order valence-electron chi connectivity index (χ3n) is 1.84. The van der Waals surface area contributed by atoms with Crippen molar-refractivity contribution in [2.24, 2.45) is 0 Å².